The largest absolute Gasteiger partial charge is 0.394 e. The molecular formula is C13H25N3O2. The number of ether oxygens (including phenoxy) is 1. The van der Waals surface area contributed by atoms with Crippen LogP contribution in [0.3, 0.4) is 0 Å². The highest BCUT2D eigenvalue weighted by molar-refractivity contribution is 5.78. The quantitative estimate of drug-likeness (QED) is 0.459. The van der Waals surface area contributed by atoms with E-state index in [4.69, 9.17) is 21.0 Å². The summed E-state index contributed by atoms with van der Waals surface area (Å²) >= 11 is 0. The Hall–Kier alpha value is -0.650. The number of piperidine rings is 1. The Bertz CT molecular complexity index is 284. The highest BCUT2D eigenvalue weighted by atomic mass is 16.5. The van der Waals surface area contributed by atoms with Gasteiger partial charge in [-0.2, -0.15) is 0 Å². The van der Waals surface area contributed by atoms with Crippen molar-refractivity contribution in [2.24, 2.45) is 11.1 Å². The van der Waals surface area contributed by atoms with E-state index in [1.54, 1.807) is 0 Å². The molecule has 0 unspecified atom stereocenters. The van der Waals surface area contributed by atoms with Crippen molar-refractivity contribution < 1.29 is 9.84 Å². The van der Waals surface area contributed by atoms with Gasteiger partial charge >= 0.3 is 0 Å². The number of amidine groups is 1. The topological polar surface area (TPSA) is 82.6 Å². The zero-order valence-electron chi connectivity index (χ0n) is 11.0. The SMILES string of the molecule is N=C(N)CC1(CN2CCC(OCCO)CC2)CC1. The number of likely N-dealkylation sites (tertiary alicyclic amines) is 1. The Morgan fingerprint density at radius 1 is 1.39 bits per heavy atom. The summed E-state index contributed by atoms with van der Waals surface area (Å²) in [6.45, 7) is 3.78. The summed E-state index contributed by atoms with van der Waals surface area (Å²) in [4.78, 5) is 2.48. The molecule has 2 aliphatic rings. The summed E-state index contributed by atoms with van der Waals surface area (Å²) in [6.07, 6.45) is 5.61. The van der Waals surface area contributed by atoms with Crippen molar-refractivity contribution in [2.75, 3.05) is 32.8 Å². The molecule has 0 bridgehead atoms. The van der Waals surface area contributed by atoms with Gasteiger partial charge in [0, 0.05) is 26.1 Å². The van der Waals surface area contributed by atoms with Crippen molar-refractivity contribution in [1.29, 1.82) is 5.41 Å². The molecule has 0 atom stereocenters. The fourth-order valence-electron chi connectivity index (χ4n) is 2.90. The van der Waals surface area contributed by atoms with Gasteiger partial charge in [-0.3, -0.25) is 5.41 Å². The van der Waals surface area contributed by atoms with Crippen LogP contribution in [-0.2, 0) is 4.74 Å². The van der Waals surface area contributed by atoms with Crippen molar-refractivity contribution >= 4 is 5.84 Å². The van der Waals surface area contributed by atoms with Crippen LogP contribution < -0.4 is 5.73 Å². The van der Waals surface area contributed by atoms with Gasteiger partial charge < -0.3 is 20.5 Å². The lowest BCUT2D eigenvalue weighted by Crippen LogP contribution is -2.41. The average Bonchev–Trinajstić information content (AvgIpc) is 3.07. The predicted molar refractivity (Wildman–Crippen MR) is 70.7 cm³/mol. The van der Waals surface area contributed by atoms with Crippen molar-refractivity contribution in [3.8, 4) is 0 Å². The van der Waals surface area contributed by atoms with Crippen molar-refractivity contribution in [2.45, 2.75) is 38.2 Å². The second-order valence-corrected chi connectivity index (χ2v) is 5.77. The minimum absolute atomic E-state index is 0.113. The van der Waals surface area contributed by atoms with E-state index in [9.17, 15) is 0 Å². The van der Waals surface area contributed by atoms with E-state index in [1.807, 2.05) is 0 Å². The van der Waals surface area contributed by atoms with Crippen LogP contribution in [0.5, 0.6) is 0 Å². The first-order valence-corrected chi connectivity index (χ1v) is 6.91. The number of hydrogen-bond donors (Lipinski definition) is 3. The number of nitrogens with one attached hydrogen (secondary N) is 1. The van der Waals surface area contributed by atoms with Gasteiger partial charge in [-0.15, -0.1) is 0 Å². The summed E-state index contributed by atoms with van der Waals surface area (Å²) in [5, 5.41) is 16.2. The Kier molecular flexibility index (Phi) is 4.59. The summed E-state index contributed by atoms with van der Waals surface area (Å²) < 4.78 is 5.56. The predicted octanol–water partition coefficient (Wildman–Crippen LogP) is 0.566. The van der Waals surface area contributed by atoms with Crippen LogP contribution in [-0.4, -0.2) is 54.8 Å². The van der Waals surface area contributed by atoms with Crippen LogP contribution in [0.25, 0.3) is 0 Å². The van der Waals surface area contributed by atoms with Crippen molar-refractivity contribution in [1.82, 2.24) is 4.90 Å². The lowest BCUT2D eigenvalue weighted by atomic mass is 9.99. The second-order valence-electron chi connectivity index (χ2n) is 5.77. The molecule has 1 aliphatic heterocycles. The summed E-state index contributed by atoms with van der Waals surface area (Å²) in [5.74, 6) is 0.327. The third-order valence-corrected chi connectivity index (χ3v) is 4.06. The monoisotopic (exact) mass is 255 g/mol. The molecule has 0 spiro atoms. The normalized spacial score (nSPS) is 24.1. The maximum absolute atomic E-state index is 8.73. The van der Waals surface area contributed by atoms with Crippen molar-refractivity contribution in [3.63, 3.8) is 0 Å². The van der Waals surface area contributed by atoms with Gasteiger partial charge in [0.2, 0.25) is 0 Å². The summed E-state index contributed by atoms with van der Waals surface area (Å²) in [5.41, 5.74) is 5.83. The standard InChI is InChI=1S/C13H25N3O2/c14-12(15)9-13(3-4-13)10-16-5-1-11(2-6-16)18-8-7-17/h11,17H,1-10H2,(H3,14,15). The van der Waals surface area contributed by atoms with E-state index in [-0.39, 0.29) is 6.61 Å². The molecule has 5 heteroatoms. The molecule has 0 aromatic heterocycles. The number of rotatable bonds is 7. The van der Waals surface area contributed by atoms with Gasteiger partial charge in [0.05, 0.1) is 25.2 Å². The van der Waals surface area contributed by atoms with E-state index < -0.39 is 0 Å². The zero-order chi connectivity index (χ0) is 13.0. The Balaban J connectivity index is 1.69. The van der Waals surface area contributed by atoms with E-state index in [0.717, 1.165) is 38.9 Å². The van der Waals surface area contributed by atoms with E-state index in [0.29, 0.717) is 24.0 Å². The molecule has 0 radical (unpaired) electrons. The number of aliphatic hydroxyl groups is 1. The fourth-order valence-corrected chi connectivity index (χ4v) is 2.90. The maximum atomic E-state index is 8.73. The van der Waals surface area contributed by atoms with Gasteiger partial charge in [0.25, 0.3) is 0 Å². The number of aliphatic hydroxyl groups excluding tert-OH is 1. The summed E-state index contributed by atoms with van der Waals surface area (Å²) in [6, 6.07) is 0. The number of hydrogen-bond acceptors (Lipinski definition) is 4. The molecule has 104 valence electrons. The molecule has 1 saturated carbocycles. The van der Waals surface area contributed by atoms with E-state index >= 15 is 0 Å². The molecule has 4 N–H and O–H groups in total. The second kappa shape index (κ2) is 5.99. The maximum Gasteiger partial charge on any atom is 0.0911 e. The molecule has 2 fully saturated rings. The first-order valence-electron chi connectivity index (χ1n) is 6.91. The fraction of sp³-hybridized carbons (Fsp3) is 0.923. The van der Waals surface area contributed by atoms with Gasteiger partial charge in [-0.05, 0) is 31.1 Å². The molecule has 18 heavy (non-hydrogen) atoms. The molecule has 1 saturated heterocycles. The Labute approximate surface area is 109 Å². The van der Waals surface area contributed by atoms with Gasteiger partial charge in [0.1, 0.15) is 0 Å². The van der Waals surface area contributed by atoms with Crippen molar-refractivity contribution in [3.05, 3.63) is 0 Å². The highest BCUT2D eigenvalue weighted by Crippen LogP contribution is 2.49. The van der Waals surface area contributed by atoms with Gasteiger partial charge in [-0.25, -0.2) is 0 Å². The molecule has 0 aromatic rings. The first-order chi connectivity index (χ1) is 8.63. The highest BCUT2D eigenvalue weighted by Gasteiger charge is 2.44. The third kappa shape index (κ3) is 3.93. The van der Waals surface area contributed by atoms with E-state index in [2.05, 4.69) is 4.90 Å². The number of nitrogens with zero attached hydrogens (tertiary/aromatic N) is 1. The van der Waals surface area contributed by atoms with Crippen LogP contribution in [0.15, 0.2) is 0 Å². The van der Waals surface area contributed by atoms with Crippen LogP contribution in [0, 0.1) is 10.8 Å². The minimum Gasteiger partial charge on any atom is -0.394 e. The molecule has 1 heterocycles. The Morgan fingerprint density at radius 2 is 2.06 bits per heavy atom. The molecular weight excluding hydrogens is 230 g/mol. The minimum atomic E-state index is 0.113. The van der Waals surface area contributed by atoms with Gasteiger partial charge in [0.15, 0.2) is 0 Å². The third-order valence-electron chi connectivity index (χ3n) is 4.06. The average molecular weight is 255 g/mol. The van der Waals surface area contributed by atoms with Gasteiger partial charge in [-0.1, -0.05) is 0 Å². The lowest BCUT2D eigenvalue weighted by Gasteiger charge is -2.34. The molecule has 2 rings (SSSR count). The molecule has 0 aromatic carbocycles. The smallest absolute Gasteiger partial charge is 0.0911 e. The number of nitrogens with two attached hydrogens (primary N) is 1. The zero-order valence-corrected chi connectivity index (χ0v) is 11.0. The van der Waals surface area contributed by atoms with Crippen LogP contribution >= 0.6 is 0 Å². The summed E-state index contributed by atoms with van der Waals surface area (Å²) in [7, 11) is 0. The molecule has 0 amide bonds. The molecule has 1 aliphatic carbocycles. The van der Waals surface area contributed by atoms with Crippen LogP contribution in [0.2, 0.25) is 0 Å². The van der Waals surface area contributed by atoms with E-state index in [1.165, 1.54) is 12.8 Å². The van der Waals surface area contributed by atoms with Crippen LogP contribution in [0.4, 0.5) is 0 Å². The first kappa shape index (κ1) is 13.8. The van der Waals surface area contributed by atoms with Crippen LogP contribution in [0.1, 0.15) is 32.1 Å². The Morgan fingerprint density at radius 3 is 2.56 bits per heavy atom. The molecule has 5 nitrogen and oxygen atoms in total. The lowest BCUT2D eigenvalue weighted by molar-refractivity contribution is -0.0105.